The van der Waals surface area contributed by atoms with Crippen LogP contribution < -0.4 is 4.74 Å². The third kappa shape index (κ3) is 2.82. The molecular weight excluding hydrogens is 298 g/mol. The summed E-state index contributed by atoms with van der Waals surface area (Å²) in [5, 5.41) is 9.39. The molecule has 1 aromatic rings. The van der Waals surface area contributed by atoms with Crippen molar-refractivity contribution in [3.63, 3.8) is 0 Å². The summed E-state index contributed by atoms with van der Waals surface area (Å²) in [6.07, 6.45) is -3.28. The number of hydrogen-bond acceptors (Lipinski definition) is 6. The molecule has 0 spiro atoms. The molecule has 1 rings (SSSR count). The highest BCUT2D eigenvalue weighted by Gasteiger charge is 2.34. The minimum Gasteiger partial charge on any atom is -0.481 e. The van der Waals surface area contributed by atoms with Crippen LogP contribution in [0.3, 0.4) is 0 Å². The molecule has 7 nitrogen and oxygen atoms in total. The summed E-state index contributed by atoms with van der Waals surface area (Å²) in [6.45, 7) is 0. The van der Waals surface area contributed by atoms with Gasteiger partial charge in [0.2, 0.25) is 5.88 Å². The molecule has 1 heterocycles. The predicted molar refractivity (Wildman–Crippen MR) is 55.4 cm³/mol. The monoisotopic (exact) mass is 302 g/mol. The van der Waals surface area contributed by atoms with Crippen LogP contribution in [0.25, 0.3) is 0 Å². The average molecular weight is 303 g/mol. The van der Waals surface area contributed by atoms with Gasteiger partial charge in [-0.25, -0.2) is 17.2 Å². The van der Waals surface area contributed by atoms with Gasteiger partial charge in [-0.1, -0.05) is 0 Å². The molecule has 0 bridgehead atoms. The topological polar surface area (TPSA) is 99.4 Å². The van der Waals surface area contributed by atoms with Crippen LogP contribution in [0.15, 0.2) is 11.1 Å². The number of methoxy groups -OCH3 is 1. The van der Waals surface area contributed by atoms with E-state index in [1.54, 1.807) is 0 Å². The minimum atomic E-state index is -4.66. The first-order valence-electron chi connectivity index (χ1n) is 4.14. The van der Waals surface area contributed by atoms with E-state index in [0.29, 0.717) is 6.07 Å². The van der Waals surface area contributed by atoms with Crippen LogP contribution in [0.4, 0.5) is 14.5 Å². The number of nitrogens with zero attached hydrogens (tertiary/aromatic N) is 2. The summed E-state index contributed by atoms with van der Waals surface area (Å²) in [5.41, 5.74) is -2.49. The van der Waals surface area contributed by atoms with E-state index in [1.165, 1.54) is 0 Å². The maximum Gasteiger partial charge on any atom is 0.317 e. The molecule has 0 fully saturated rings. The van der Waals surface area contributed by atoms with E-state index < -0.39 is 42.6 Å². The molecule has 0 aromatic carbocycles. The lowest BCUT2D eigenvalue weighted by molar-refractivity contribution is -0.389. The number of nitro groups is 1. The standard InChI is InChI=1S/C7H5ClF2N2O5S/c1-17-4-2-3(6(9)10)5(12(13)14)7(11-4)18(8,15)16/h2,6H,1H3. The lowest BCUT2D eigenvalue weighted by Gasteiger charge is -2.07. The van der Waals surface area contributed by atoms with Gasteiger partial charge in [-0.3, -0.25) is 10.1 Å². The van der Waals surface area contributed by atoms with E-state index in [2.05, 4.69) is 9.72 Å². The number of aromatic nitrogens is 1. The lowest BCUT2D eigenvalue weighted by Crippen LogP contribution is -2.07. The van der Waals surface area contributed by atoms with Gasteiger partial charge in [0, 0.05) is 16.7 Å². The molecule has 0 aliphatic rings. The van der Waals surface area contributed by atoms with Crippen LogP contribution in [0, 0.1) is 10.1 Å². The Hall–Kier alpha value is -1.55. The SMILES string of the molecule is COc1cc(C(F)F)c([N+](=O)[O-])c(S(=O)(=O)Cl)n1. The largest absolute Gasteiger partial charge is 0.481 e. The molecular formula is C7H5ClF2N2O5S. The number of ether oxygens (including phenoxy) is 1. The number of rotatable bonds is 4. The normalized spacial score (nSPS) is 11.6. The Morgan fingerprint density at radius 3 is 2.44 bits per heavy atom. The van der Waals surface area contributed by atoms with Crippen LogP contribution in [0.2, 0.25) is 0 Å². The fraction of sp³-hybridized carbons (Fsp3) is 0.286. The van der Waals surface area contributed by atoms with Crippen molar-refractivity contribution in [3.05, 3.63) is 21.7 Å². The minimum absolute atomic E-state index is 0.518. The second kappa shape index (κ2) is 4.98. The zero-order valence-corrected chi connectivity index (χ0v) is 10.2. The maximum absolute atomic E-state index is 12.6. The quantitative estimate of drug-likeness (QED) is 0.478. The van der Waals surface area contributed by atoms with Crippen LogP contribution in [-0.2, 0) is 9.05 Å². The van der Waals surface area contributed by atoms with Crippen molar-refractivity contribution in [1.82, 2.24) is 4.98 Å². The van der Waals surface area contributed by atoms with Crippen LogP contribution in [0.1, 0.15) is 12.0 Å². The number of alkyl halides is 2. The van der Waals surface area contributed by atoms with Gasteiger partial charge >= 0.3 is 5.69 Å². The molecule has 18 heavy (non-hydrogen) atoms. The highest BCUT2D eigenvalue weighted by molar-refractivity contribution is 8.13. The van der Waals surface area contributed by atoms with E-state index in [0.717, 1.165) is 7.11 Å². The third-order valence-corrected chi connectivity index (χ3v) is 3.01. The Labute approximate surface area is 104 Å². The zero-order valence-electron chi connectivity index (χ0n) is 8.63. The summed E-state index contributed by atoms with van der Waals surface area (Å²) >= 11 is 0. The smallest absolute Gasteiger partial charge is 0.317 e. The fourth-order valence-corrected chi connectivity index (χ4v) is 2.08. The summed E-state index contributed by atoms with van der Waals surface area (Å²) < 4.78 is 52.0. The summed E-state index contributed by atoms with van der Waals surface area (Å²) in [4.78, 5) is 12.6. The second-order valence-electron chi connectivity index (χ2n) is 2.90. The van der Waals surface area contributed by atoms with E-state index in [9.17, 15) is 27.3 Å². The molecule has 0 unspecified atom stereocenters. The van der Waals surface area contributed by atoms with Crippen molar-refractivity contribution in [3.8, 4) is 5.88 Å². The van der Waals surface area contributed by atoms with Crippen molar-refractivity contribution in [2.45, 2.75) is 11.5 Å². The van der Waals surface area contributed by atoms with Crippen molar-refractivity contribution >= 4 is 25.4 Å². The van der Waals surface area contributed by atoms with E-state index in [4.69, 9.17) is 10.7 Å². The molecule has 11 heteroatoms. The Balaban J connectivity index is 3.77. The van der Waals surface area contributed by atoms with Gasteiger partial charge in [0.1, 0.15) is 5.56 Å². The zero-order chi connectivity index (χ0) is 14.1. The Bertz CT molecular complexity index is 592. The second-order valence-corrected chi connectivity index (χ2v) is 5.38. The van der Waals surface area contributed by atoms with Crippen LogP contribution in [0.5, 0.6) is 5.88 Å². The summed E-state index contributed by atoms with van der Waals surface area (Å²) in [6, 6.07) is 0.578. The number of hydrogen-bond donors (Lipinski definition) is 0. The highest BCUT2D eigenvalue weighted by atomic mass is 35.7. The lowest BCUT2D eigenvalue weighted by atomic mass is 10.2. The van der Waals surface area contributed by atoms with Gasteiger partial charge < -0.3 is 4.74 Å². The van der Waals surface area contributed by atoms with Gasteiger partial charge in [-0.2, -0.15) is 4.98 Å². The molecule has 100 valence electrons. The Morgan fingerprint density at radius 2 is 2.11 bits per heavy atom. The molecule has 1 aromatic heterocycles. The van der Waals surface area contributed by atoms with Crippen molar-refractivity contribution < 1.29 is 26.9 Å². The van der Waals surface area contributed by atoms with E-state index >= 15 is 0 Å². The molecule has 0 aliphatic heterocycles. The van der Waals surface area contributed by atoms with Gasteiger partial charge in [0.15, 0.2) is 0 Å². The van der Waals surface area contributed by atoms with Crippen molar-refractivity contribution in [1.29, 1.82) is 0 Å². The van der Waals surface area contributed by atoms with E-state index in [-0.39, 0.29) is 0 Å². The van der Waals surface area contributed by atoms with Crippen molar-refractivity contribution in [2.24, 2.45) is 0 Å². The molecule has 0 atom stereocenters. The predicted octanol–water partition coefficient (Wildman–Crippen LogP) is 1.86. The molecule has 0 saturated carbocycles. The fourth-order valence-electron chi connectivity index (χ4n) is 1.13. The Kier molecular flexibility index (Phi) is 4.02. The average Bonchev–Trinajstić information content (AvgIpc) is 2.25. The van der Waals surface area contributed by atoms with Gasteiger partial charge in [-0.05, 0) is 0 Å². The van der Waals surface area contributed by atoms with Crippen molar-refractivity contribution in [2.75, 3.05) is 7.11 Å². The van der Waals surface area contributed by atoms with Gasteiger partial charge in [-0.15, -0.1) is 0 Å². The maximum atomic E-state index is 12.6. The molecule has 0 aliphatic carbocycles. The van der Waals surface area contributed by atoms with E-state index in [1.807, 2.05) is 0 Å². The molecule has 0 radical (unpaired) electrons. The molecule has 0 N–H and O–H groups in total. The van der Waals surface area contributed by atoms with Gasteiger partial charge in [0.25, 0.3) is 20.5 Å². The third-order valence-electron chi connectivity index (χ3n) is 1.82. The number of halogens is 3. The van der Waals surface area contributed by atoms with Crippen LogP contribution >= 0.6 is 10.7 Å². The summed E-state index contributed by atoms with van der Waals surface area (Å²) in [7, 11) is 1.29. The number of pyridine rings is 1. The van der Waals surface area contributed by atoms with Gasteiger partial charge in [0.05, 0.1) is 12.0 Å². The first-order valence-corrected chi connectivity index (χ1v) is 6.45. The molecule has 0 amide bonds. The Morgan fingerprint density at radius 1 is 1.56 bits per heavy atom. The highest BCUT2D eigenvalue weighted by Crippen LogP contribution is 2.36. The molecule has 0 saturated heterocycles. The van der Waals surface area contributed by atoms with Crippen LogP contribution in [-0.4, -0.2) is 25.4 Å². The first-order chi connectivity index (χ1) is 8.18. The first kappa shape index (κ1) is 14.5. The summed E-state index contributed by atoms with van der Waals surface area (Å²) in [5.74, 6) is -0.518.